The van der Waals surface area contributed by atoms with Gasteiger partial charge in [-0.3, -0.25) is 9.59 Å². The number of hydrogen-bond acceptors (Lipinski definition) is 4. The van der Waals surface area contributed by atoms with Gasteiger partial charge >= 0.3 is 0 Å². The lowest BCUT2D eigenvalue weighted by Gasteiger charge is -2.06. The zero-order chi connectivity index (χ0) is 18.1. The van der Waals surface area contributed by atoms with Gasteiger partial charge in [0.25, 0.3) is 5.91 Å². The first-order chi connectivity index (χ1) is 12.1. The van der Waals surface area contributed by atoms with E-state index in [0.717, 1.165) is 0 Å². The molecule has 0 heterocycles. The van der Waals surface area contributed by atoms with Crippen LogP contribution in [0.25, 0.3) is 0 Å². The fraction of sp³-hybridized carbons (Fsp3) is 0.105. The van der Waals surface area contributed by atoms with Gasteiger partial charge in [-0.05, 0) is 36.4 Å². The molecule has 6 heteroatoms. The van der Waals surface area contributed by atoms with E-state index >= 15 is 0 Å². The van der Waals surface area contributed by atoms with Crippen molar-refractivity contribution >= 4 is 23.7 Å². The van der Waals surface area contributed by atoms with Crippen molar-refractivity contribution in [3.8, 4) is 18.1 Å². The Morgan fingerprint density at radius 2 is 1.92 bits per heavy atom. The number of carbonyl (C=O) groups excluding carboxylic acids is 2. The first-order valence-electron chi connectivity index (χ1n) is 7.46. The fourth-order valence-electron chi connectivity index (χ4n) is 1.97. The average molecular weight is 335 g/mol. The van der Waals surface area contributed by atoms with Crippen LogP contribution in [0.15, 0.2) is 53.6 Å². The number of ether oxygens (including phenoxy) is 1. The molecule has 2 aromatic rings. The molecule has 0 aliphatic heterocycles. The molecule has 0 aromatic heterocycles. The Bertz CT molecular complexity index is 821. The maximum Gasteiger partial charge on any atom is 0.271 e. The van der Waals surface area contributed by atoms with Crippen molar-refractivity contribution in [3.63, 3.8) is 0 Å². The van der Waals surface area contributed by atoms with Crippen LogP contribution >= 0.6 is 0 Å². The number of anilines is 1. The van der Waals surface area contributed by atoms with E-state index in [1.165, 1.54) is 13.1 Å². The summed E-state index contributed by atoms with van der Waals surface area (Å²) in [7, 11) is 0. The third-order valence-corrected chi connectivity index (χ3v) is 3.07. The zero-order valence-electron chi connectivity index (χ0n) is 13.7. The second kappa shape index (κ2) is 8.89. The highest BCUT2D eigenvalue weighted by Gasteiger charge is 2.05. The van der Waals surface area contributed by atoms with Crippen LogP contribution in [0.3, 0.4) is 0 Å². The van der Waals surface area contributed by atoms with Crippen molar-refractivity contribution in [2.24, 2.45) is 5.10 Å². The molecule has 0 bridgehead atoms. The quantitative estimate of drug-likeness (QED) is 0.483. The third kappa shape index (κ3) is 5.52. The number of rotatable bonds is 6. The first-order valence-corrected chi connectivity index (χ1v) is 7.46. The molecule has 0 unspecified atom stereocenters. The Morgan fingerprint density at radius 3 is 2.60 bits per heavy atom. The average Bonchev–Trinajstić information content (AvgIpc) is 2.61. The molecule has 0 aliphatic carbocycles. The molecule has 2 amide bonds. The van der Waals surface area contributed by atoms with Crippen LogP contribution in [-0.2, 0) is 4.79 Å². The number of para-hydroxylation sites is 1. The molecule has 0 fully saturated rings. The highest BCUT2D eigenvalue weighted by molar-refractivity contribution is 5.96. The first kappa shape index (κ1) is 17.8. The summed E-state index contributed by atoms with van der Waals surface area (Å²) in [5, 5.41) is 6.56. The molecule has 0 aliphatic rings. The highest BCUT2D eigenvalue weighted by atomic mass is 16.5. The van der Waals surface area contributed by atoms with Gasteiger partial charge in [0.2, 0.25) is 5.91 Å². The van der Waals surface area contributed by atoms with Crippen molar-refractivity contribution in [1.82, 2.24) is 5.43 Å². The Labute approximate surface area is 145 Å². The van der Waals surface area contributed by atoms with Crippen molar-refractivity contribution < 1.29 is 14.3 Å². The lowest BCUT2D eigenvalue weighted by molar-refractivity contribution is -0.114. The van der Waals surface area contributed by atoms with Crippen molar-refractivity contribution in [2.45, 2.75) is 6.92 Å². The van der Waals surface area contributed by atoms with Gasteiger partial charge in [0.05, 0.1) is 6.21 Å². The number of nitrogens with zero attached hydrogens (tertiary/aromatic N) is 1. The molecule has 2 aromatic carbocycles. The van der Waals surface area contributed by atoms with Gasteiger partial charge in [-0.1, -0.05) is 18.1 Å². The fourth-order valence-corrected chi connectivity index (χ4v) is 1.97. The van der Waals surface area contributed by atoms with E-state index in [0.29, 0.717) is 22.6 Å². The van der Waals surface area contributed by atoms with E-state index in [9.17, 15) is 9.59 Å². The molecule has 2 N–H and O–H groups in total. The number of terminal acetylenes is 1. The summed E-state index contributed by atoms with van der Waals surface area (Å²) in [5.74, 6) is 2.43. The number of benzene rings is 2. The largest absolute Gasteiger partial charge is 0.480 e. The standard InChI is InChI=1S/C19H17N3O3/c1-3-12-25-18-7-5-4-6-16(18)13-20-22-19(24)15-8-10-17(11-9-15)21-14(2)23/h1,4-11,13H,12H2,2H3,(H,21,23)(H,22,24)/b20-13-. The summed E-state index contributed by atoms with van der Waals surface area (Å²) in [5.41, 5.74) is 4.17. The van der Waals surface area contributed by atoms with Crippen molar-refractivity contribution in [2.75, 3.05) is 11.9 Å². The van der Waals surface area contributed by atoms with Crippen LogP contribution in [0.1, 0.15) is 22.8 Å². The predicted molar refractivity (Wildman–Crippen MR) is 96.6 cm³/mol. The summed E-state index contributed by atoms with van der Waals surface area (Å²) in [6.45, 7) is 1.57. The number of amides is 2. The molecular weight excluding hydrogens is 318 g/mol. The number of hydrogen-bond donors (Lipinski definition) is 2. The minimum absolute atomic E-state index is 0.151. The SMILES string of the molecule is C#CCOc1ccccc1/C=N\NC(=O)c1ccc(NC(C)=O)cc1. The third-order valence-electron chi connectivity index (χ3n) is 3.07. The molecule has 0 spiro atoms. The molecule has 25 heavy (non-hydrogen) atoms. The van der Waals surface area contributed by atoms with E-state index in [1.807, 2.05) is 12.1 Å². The van der Waals surface area contributed by atoms with E-state index in [-0.39, 0.29) is 18.4 Å². The Morgan fingerprint density at radius 1 is 1.20 bits per heavy atom. The minimum Gasteiger partial charge on any atom is -0.480 e. The van der Waals surface area contributed by atoms with Crippen LogP contribution in [0, 0.1) is 12.3 Å². The van der Waals surface area contributed by atoms with Gasteiger partial charge in [-0.25, -0.2) is 5.43 Å². The van der Waals surface area contributed by atoms with Crippen molar-refractivity contribution in [3.05, 3.63) is 59.7 Å². The zero-order valence-corrected chi connectivity index (χ0v) is 13.7. The number of hydrazone groups is 1. The molecule has 0 atom stereocenters. The lowest BCUT2D eigenvalue weighted by Crippen LogP contribution is -2.17. The molecule has 0 radical (unpaired) electrons. The van der Waals surface area contributed by atoms with Crippen LogP contribution in [0.2, 0.25) is 0 Å². The summed E-state index contributed by atoms with van der Waals surface area (Å²) < 4.78 is 5.40. The molecule has 126 valence electrons. The van der Waals surface area contributed by atoms with Gasteiger partial charge < -0.3 is 10.1 Å². The Balaban J connectivity index is 1.99. The summed E-state index contributed by atoms with van der Waals surface area (Å²) in [6.07, 6.45) is 6.66. The van der Waals surface area contributed by atoms with Crippen LogP contribution < -0.4 is 15.5 Å². The summed E-state index contributed by atoms with van der Waals surface area (Å²) in [6, 6.07) is 13.7. The Hall–Kier alpha value is -3.59. The second-order valence-corrected chi connectivity index (χ2v) is 4.99. The Kier molecular flexibility index (Phi) is 6.32. The van der Waals surface area contributed by atoms with Crippen molar-refractivity contribution in [1.29, 1.82) is 0 Å². The monoisotopic (exact) mass is 335 g/mol. The summed E-state index contributed by atoms with van der Waals surface area (Å²) >= 11 is 0. The van der Waals surface area contributed by atoms with E-state index in [2.05, 4.69) is 21.8 Å². The van der Waals surface area contributed by atoms with E-state index < -0.39 is 0 Å². The normalized spacial score (nSPS) is 10.1. The molecule has 0 saturated heterocycles. The molecular formula is C19H17N3O3. The van der Waals surface area contributed by atoms with Gasteiger partial charge in [-0.2, -0.15) is 5.10 Å². The minimum atomic E-state index is -0.368. The van der Waals surface area contributed by atoms with Gasteiger partial charge in [-0.15, -0.1) is 6.42 Å². The lowest BCUT2D eigenvalue weighted by atomic mass is 10.2. The van der Waals surface area contributed by atoms with Gasteiger partial charge in [0.15, 0.2) is 0 Å². The number of nitrogens with one attached hydrogen (secondary N) is 2. The van der Waals surface area contributed by atoms with Crippen LogP contribution in [0.4, 0.5) is 5.69 Å². The maximum absolute atomic E-state index is 12.1. The van der Waals surface area contributed by atoms with E-state index in [4.69, 9.17) is 11.2 Å². The molecule has 0 saturated carbocycles. The maximum atomic E-state index is 12.1. The second-order valence-electron chi connectivity index (χ2n) is 4.99. The van der Waals surface area contributed by atoms with Crippen LogP contribution in [0.5, 0.6) is 5.75 Å². The van der Waals surface area contributed by atoms with Gasteiger partial charge in [0.1, 0.15) is 12.4 Å². The van der Waals surface area contributed by atoms with Gasteiger partial charge in [0, 0.05) is 23.7 Å². The number of carbonyl (C=O) groups is 2. The molecule has 6 nitrogen and oxygen atoms in total. The topological polar surface area (TPSA) is 79.8 Å². The smallest absolute Gasteiger partial charge is 0.271 e. The molecule has 2 rings (SSSR count). The van der Waals surface area contributed by atoms with Crippen LogP contribution in [-0.4, -0.2) is 24.6 Å². The highest BCUT2D eigenvalue weighted by Crippen LogP contribution is 2.15. The predicted octanol–water partition coefficient (Wildman–Crippen LogP) is 2.42. The van der Waals surface area contributed by atoms with E-state index in [1.54, 1.807) is 36.4 Å². The summed E-state index contributed by atoms with van der Waals surface area (Å²) in [4.78, 5) is 23.0.